The molecule has 144 valence electrons. The zero-order valence-corrected chi connectivity index (χ0v) is 15.8. The number of carbonyl (C=O) groups is 1. The Bertz CT molecular complexity index is 775. The van der Waals surface area contributed by atoms with E-state index < -0.39 is 0 Å². The molecule has 4 rings (SSSR count). The number of amides is 1. The number of hydrogen-bond acceptors (Lipinski definition) is 8. The minimum atomic E-state index is -0.0232. The third kappa shape index (κ3) is 3.73. The van der Waals surface area contributed by atoms with Crippen molar-refractivity contribution in [1.82, 2.24) is 25.2 Å². The lowest BCUT2D eigenvalue weighted by Crippen LogP contribution is -2.49. The Kier molecular flexibility index (Phi) is 4.93. The standard InChI is InChI=1S/C18H25N7O2/c1-14-15(13-19-27-14)18(26)25-11-9-24(10-12-25)17-4-3-16(20-21-17)23-7-5-22(2)6-8-23/h3-4,13H,5-12H2,1-2H3. The predicted octanol–water partition coefficient (Wildman–Crippen LogP) is 0.487. The van der Waals surface area contributed by atoms with Crippen LogP contribution in [-0.4, -0.2) is 90.5 Å². The van der Waals surface area contributed by atoms with E-state index in [1.807, 2.05) is 17.0 Å². The topological polar surface area (TPSA) is 81.8 Å². The van der Waals surface area contributed by atoms with Crippen molar-refractivity contribution in [2.45, 2.75) is 6.92 Å². The summed E-state index contributed by atoms with van der Waals surface area (Å²) in [6, 6.07) is 4.08. The van der Waals surface area contributed by atoms with Gasteiger partial charge in [-0.05, 0) is 26.1 Å². The minimum absolute atomic E-state index is 0.0232. The third-order valence-electron chi connectivity index (χ3n) is 5.34. The van der Waals surface area contributed by atoms with Gasteiger partial charge >= 0.3 is 0 Å². The highest BCUT2D eigenvalue weighted by Gasteiger charge is 2.25. The first kappa shape index (κ1) is 17.7. The lowest BCUT2D eigenvalue weighted by atomic mass is 10.2. The molecule has 4 heterocycles. The van der Waals surface area contributed by atoms with Crippen LogP contribution in [-0.2, 0) is 0 Å². The summed E-state index contributed by atoms with van der Waals surface area (Å²) < 4.78 is 5.00. The lowest BCUT2D eigenvalue weighted by molar-refractivity contribution is 0.0744. The summed E-state index contributed by atoms with van der Waals surface area (Å²) in [6.45, 7) is 8.57. The number of rotatable bonds is 3. The molecule has 0 aliphatic carbocycles. The number of aryl methyl sites for hydroxylation is 1. The van der Waals surface area contributed by atoms with Crippen molar-refractivity contribution in [1.29, 1.82) is 0 Å². The first-order valence-electron chi connectivity index (χ1n) is 9.34. The van der Waals surface area contributed by atoms with Gasteiger partial charge in [0.05, 0.1) is 6.20 Å². The molecule has 0 aromatic carbocycles. The molecule has 0 atom stereocenters. The molecule has 0 spiro atoms. The quantitative estimate of drug-likeness (QED) is 0.771. The third-order valence-corrected chi connectivity index (χ3v) is 5.34. The fourth-order valence-corrected chi connectivity index (χ4v) is 3.50. The van der Waals surface area contributed by atoms with Crippen molar-refractivity contribution in [3.05, 3.63) is 29.7 Å². The van der Waals surface area contributed by atoms with Crippen LogP contribution in [0.1, 0.15) is 16.1 Å². The average molecular weight is 371 g/mol. The van der Waals surface area contributed by atoms with Gasteiger partial charge in [0, 0.05) is 52.4 Å². The highest BCUT2D eigenvalue weighted by Crippen LogP contribution is 2.19. The molecule has 2 fully saturated rings. The average Bonchev–Trinajstić information content (AvgIpc) is 3.14. The summed E-state index contributed by atoms with van der Waals surface area (Å²) in [4.78, 5) is 21.1. The molecule has 0 N–H and O–H groups in total. The van der Waals surface area contributed by atoms with Crippen LogP contribution in [0.15, 0.2) is 22.9 Å². The van der Waals surface area contributed by atoms with Crippen LogP contribution in [0, 0.1) is 6.92 Å². The highest BCUT2D eigenvalue weighted by atomic mass is 16.5. The maximum atomic E-state index is 12.5. The van der Waals surface area contributed by atoms with Gasteiger partial charge in [-0.2, -0.15) is 0 Å². The number of aromatic nitrogens is 3. The molecular weight excluding hydrogens is 346 g/mol. The Hall–Kier alpha value is -2.68. The van der Waals surface area contributed by atoms with E-state index in [9.17, 15) is 4.79 Å². The predicted molar refractivity (Wildman–Crippen MR) is 101 cm³/mol. The van der Waals surface area contributed by atoms with Gasteiger partial charge in [0.2, 0.25) is 0 Å². The first-order chi connectivity index (χ1) is 13.1. The van der Waals surface area contributed by atoms with Gasteiger partial charge < -0.3 is 24.1 Å². The largest absolute Gasteiger partial charge is 0.361 e. The second-order valence-corrected chi connectivity index (χ2v) is 7.11. The fraction of sp³-hybridized carbons (Fsp3) is 0.556. The van der Waals surface area contributed by atoms with Crippen LogP contribution < -0.4 is 9.80 Å². The second kappa shape index (κ2) is 7.51. The zero-order valence-electron chi connectivity index (χ0n) is 15.8. The fourth-order valence-electron chi connectivity index (χ4n) is 3.50. The molecule has 0 unspecified atom stereocenters. The lowest BCUT2D eigenvalue weighted by Gasteiger charge is -2.35. The molecule has 0 saturated carbocycles. The van der Waals surface area contributed by atoms with Crippen molar-refractivity contribution in [3.63, 3.8) is 0 Å². The SMILES string of the molecule is Cc1oncc1C(=O)N1CCN(c2ccc(N3CCN(C)CC3)nn2)CC1. The normalized spacial score (nSPS) is 18.8. The highest BCUT2D eigenvalue weighted by molar-refractivity contribution is 5.94. The molecule has 27 heavy (non-hydrogen) atoms. The molecule has 1 amide bonds. The van der Waals surface area contributed by atoms with E-state index >= 15 is 0 Å². The summed E-state index contributed by atoms with van der Waals surface area (Å²) >= 11 is 0. The molecule has 9 heteroatoms. The maximum absolute atomic E-state index is 12.5. The van der Waals surface area contributed by atoms with Crippen molar-refractivity contribution in [3.8, 4) is 0 Å². The molecule has 2 aromatic rings. The molecule has 0 bridgehead atoms. The van der Waals surface area contributed by atoms with E-state index in [2.05, 4.69) is 37.1 Å². The maximum Gasteiger partial charge on any atom is 0.259 e. The van der Waals surface area contributed by atoms with E-state index in [-0.39, 0.29) is 5.91 Å². The van der Waals surface area contributed by atoms with E-state index in [1.54, 1.807) is 6.92 Å². The van der Waals surface area contributed by atoms with Gasteiger partial charge in [0.15, 0.2) is 11.6 Å². The Morgan fingerprint density at radius 2 is 1.48 bits per heavy atom. The summed E-state index contributed by atoms with van der Waals surface area (Å²) in [5.74, 6) is 2.34. The van der Waals surface area contributed by atoms with Gasteiger partial charge in [0.1, 0.15) is 11.3 Å². The Balaban J connectivity index is 1.34. The molecule has 9 nitrogen and oxygen atoms in total. The van der Waals surface area contributed by atoms with E-state index in [0.717, 1.165) is 50.9 Å². The Morgan fingerprint density at radius 3 is 1.96 bits per heavy atom. The van der Waals surface area contributed by atoms with Gasteiger partial charge in [-0.3, -0.25) is 4.79 Å². The molecule has 2 aliphatic heterocycles. The van der Waals surface area contributed by atoms with Gasteiger partial charge in [-0.25, -0.2) is 0 Å². The van der Waals surface area contributed by atoms with E-state index in [0.29, 0.717) is 24.4 Å². The summed E-state index contributed by atoms with van der Waals surface area (Å²) in [6.07, 6.45) is 1.49. The molecular formula is C18H25N7O2. The summed E-state index contributed by atoms with van der Waals surface area (Å²) in [7, 11) is 2.14. The summed E-state index contributed by atoms with van der Waals surface area (Å²) in [5.41, 5.74) is 0.541. The van der Waals surface area contributed by atoms with Gasteiger partial charge in [-0.1, -0.05) is 5.16 Å². The monoisotopic (exact) mass is 371 g/mol. The van der Waals surface area contributed by atoms with Gasteiger partial charge in [0.25, 0.3) is 5.91 Å². The van der Waals surface area contributed by atoms with Crippen LogP contribution in [0.25, 0.3) is 0 Å². The zero-order chi connectivity index (χ0) is 18.8. The van der Waals surface area contributed by atoms with Crippen LogP contribution in [0.3, 0.4) is 0 Å². The number of nitrogens with zero attached hydrogens (tertiary/aromatic N) is 7. The number of hydrogen-bond donors (Lipinski definition) is 0. The van der Waals surface area contributed by atoms with Gasteiger partial charge in [-0.15, -0.1) is 10.2 Å². The smallest absolute Gasteiger partial charge is 0.259 e. The molecule has 2 aromatic heterocycles. The van der Waals surface area contributed by atoms with Crippen molar-refractivity contribution < 1.29 is 9.32 Å². The van der Waals surface area contributed by atoms with E-state index in [4.69, 9.17) is 4.52 Å². The minimum Gasteiger partial charge on any atom is -0.361 e. The number of anilines is 2. The van der Waals surface area contributed by atoms with Crippen LogP contribution in [0.2, 0.25) is 0 Å². The van der Waals surface area contributed by atoms with Crippen molar-refractivity contribution >= 4 is 17.5 Å². The number of piperazine rings is 2. The summed E-state index contributed by atoms with van der Waals surface area (Å²) in [5, 5.41) is 12.5. The Morgan fingerprint density at radius 1 is 0.926 bits per heavy atom. The molecule has 2 saturated heterocycles. The van der Waals surface area contributed by atoms with Crippen LogP contribution >= 0.6 is 0 Å². The molecule has 0 radical (unpaired) electrons. The molecule has 2 aliphatic rings. The van der Waals surface area contributed by atoms with Crippen molar-refractivity contribution in [2.24, 2.45) is 0 Å². The Labute approximate surface area is 158 Å². The number of carbonyl (C=O) groups excluding carboxylic acids is 1. The number of likely N-dealkylation sites (N-methyl/N-ethyl adjacent to an activating group) is 1. The second-order valence-electron chi connectivity index (χ2n) is 7.11. The van der Waals surface area contributed by atoms with Crippen molar-refractivity contribution in [2.75, 3.05) is 69.2 Å². The van der Waals surface area contributed by atoms with Crippen LogP contribution in [0.5, 0.6) is 0 Å². The van der Waals surface area contributed by atoms with Crippen LogP contribution in [0.4, 0.5) is 11.6 Å². The first-order valence-corrected chi connectivity index (χ1v) is 9.34. The van der Waals surface area contributed by atoms with E-state index in [1.165, 1.54) is 6.20 Å².